The van der Waals surface area contributed by atoms with Gasteiger partial charge in [0.2, 0.25) is 0 Å². The summed E-state index contributed by atoms with van der Waals surface area (Å²) in [7, 11) is 0. The van der Waals surface area contributed by atoms with Crippen molar-refractivity contribution in [1.29, 1.82) is 0 Å². The van der Waals surface area contributed by atoms with Crippen LogP contribution in [-0.2, 0) is 0 Å². The molecule has 0 atom stereocenters. The Morgan fingerprint density at radius 2 is 1.68 bits per heavy atom. The fourth-order valence-corrected chi connectivity index (χ4v) is 3.46. The molecule has 2 rings (SSSR count). The lowest BCUT2D eigenvalue weighted by Gasteiger charge is -2.36. The summed E-state index contributed by atoms with van der Waals surface area (Å²) in [6.07, 6.45) is 2.70. The molecule has 1 heterocycles. The lowest BCUT2D eigenvalue weighted by molar-refractivity contribution is 0.248. The van der Waals surface area contributed by atoms with Crippen LogP contribution in [0.4, 0.5) is 5.69 Å². The number of rotatable bonds is 6. The summed E-state index contributed by atoms with van der Waals surface area (Å²) in [6, 6.07) is 7.02. The molecular formula is C20H34N2. The molecule has 0 unspecified atom stereocenters. The molecule has 1 fully saturated rings. The van der Waals surface area contributed by atoms with E-state index in [-0.39, 0.29) is 0 Å². The number of aryl methyl sites for hydroxylation is 1. The first-order chi connectivity index (χ1) is 10.5. The minimum absolute atomic E-state index is 0.617. The average molecular weight is 303 g/mol. The molecule has 0 bridgehead atoms. The molecule has 0 aliphatic carbocycles. The highest BCUT2D eigenvalue weighted by atomic mass is 15.3. The van der Waals surface area contributed by atoms with Gasteiger partial charge in [-0.3, -0.25) is 4.90 Å². The molecule has 2 heteroatoms. The highest BCUT2D eigenvalue weighted by molar-refractivity contribution is 5.51. The Morgan fingerprint density at radius 1 is 1.00 bits per heavy atom. The third-order valence-electron chi connectivity index (χ3n) is 4.87. The molecule has 0 spiro atoms. The zero-order chi connectivity index (χ0) is 16.1. The molecule has 22 heavy (non-hydrogen) atoms. The predicted molar refractivity (Wildman–Crippen MR) is 98.0 cm³/mol. The third kappa shape index (κ3) is 4.74. The summed E-state index contributed by atoms with van der Waals surface area (Å²) in [5.74, 6) is 1.45. The van der Waals surface area contributed by atoms with Crippen molar-refractivity contribution in [3.8, 4) is 0 Å². The van der Waals surface area contributed by atoms with E-state index in [9.17, 15) is 0 Å². The third-order valence-corrected chi connectivity index (χ3v) is 4.87. The standard InChI is InChI=1S/C20H34N2/c1-16(2)7-6-10-21-11-13-22(14-12-21)19-8-9-20(17(3)4)18(5)15-19/h8-9,15-17H,6-7,10-14H2,1-5H3. The quantitative estimate of drug-likeness (QED) is 0.753. The van der Waals surface area contributed by atoms with Crippen molar-refractivity contribution >= 4 is 5.69 Å². The summed E-state index contributed by atoms with van der Waals surface area (Å²) in [5, 5.41) is 0. The zero-order valence-electron chi connectivity index (χ0n) is 15.2. The molecular weight excluding hydrogens is 268 g/mol. The van der Waals surface area contributed by atoms with E-state index < -0.39 is 0 Å². The van der Waals surface area contributed by atoms with Gasteiger partial charge in [0, 0.05) is 31.9 Å². The SMILES string of the molecule is Cc1cc(N2CCN(CCCC(C)C)CC2)ccc1C(C)C. The van der Waals surface area contributed by atoms with Crippen LogP contribution in [0.25, 0.3) is 0 Å². The smallest absolute Gasteiger partial charge is 0.0369 e. The predicted octanol–water partition coefficient (Wildman–Crippen LogP) is 4.68. The van der Waals surface area contributed by atoms with Crippen molar-refractivity contribution in [3.63, 3.8) is 0 Å². The fourth-order valence-electron chi connectivity index (χ4n) is 3.46. The molecule has 0 radical (unpaired) electrons. The second-order valence-electron chi connectivity index (χ2n) is 7.56. The van der Waals surface area contributed by atoms with Crippen molar-refractivity contribution in [1.82, 2.24) is 4.90 Å². The van der Waals surface area contributed by atoms with Crippen LogP contribution in [0.1, 0.15) is 57.6 Å². The van der Waals surface area contributed by atoms with Gasteiger partial charge in [-0.25, -0.2) is 0 Å². The number of anilines is 1. The molecule has 0 N–H and O–H groups in total. The topological polar surface area (TPSA) is 6.48 Å². The lowest BCUT2D eigenvalue weighted by Crippen LogP contribution is -2.46. The van der Waals surface area contributed by atoms with E-state index >= 15 is 0 Å². The van der Waals surface area contributed by atoms with Crippen LogP contribution in [-0.4, -0.2) is 37.6 Å². The van der Waals surface area contributed by atoms with E-state index in [1.54, 1.807) is 0 Å². The molecule has 1 aliphatic heterocycles. The van der Waals surface area contributed by atoms with E-state index in [1.165, 1.54) is 62.4 Å². The first-order valence-corrected chi connectivity index (χ1v) is 9.05. The maximum Gasteiger partial charge on any atom is 0.0369 e. The molecule has 1 aromatic carbocycles. The summed E-state index contributed by atoms with van der Waals surface area (Å²) >= 11 is 0. The zero-order valence-corrected chi connectivity index (χ0v) is 15.2. The maximum atomic E-state index is 2.63. The van der Waals surface area contributed by atoms with Crippen molar-refractivity contribution in [2.45, 2.75) is 53.4 Å². The van der Waals surface area contributed by atoms with Gasteiger partial charge in [0.25, 0.3) is 0 Å². The fraction of sp³-hybridized carbons (Fsp3) is 0.700. The second kappa shape index (κ2) is 8.01. The Hall–Kier alpha value is -1.02. The van der Waals surface area contributed by atoms with Crippen molar-refractivity contribution < 1.29 is 0 Å². The van der Waals surface area contributed by atoms with E-state index in [0.717, 1.165) is 5.92 Å². The Morgan fingerprint density at radius 3 is 2.23 bits per heavy atom. The number of piperazine rings is 1. The van der Waals surface area contributed by atoms with Crippen LogP contribution < -0.4 is 4.90 Å². The van der Waals surface area contributed by atoms with Crippen LogP contribution in [0.15, 0.2) is 18.2 Å². The summed E-state index contributed by atoms with van der Waals surface area (Å²) < 4.78 is 0. The van der Waals surface area contributed by atoms with Gasteiger partial charge in [0.05, 0.1) is 0 Å². The van der Waals surface area contributed by atoms with Crippen LogP contribution >= 0.6 is 0 Å². The van der Waals surface area contributed by atoms with Gasteiger partial charge in [-0.2, -0.15) is 0 Å². The molecule has 0 amide bonds. The van der Waals surface area contributed by atoms with Gasteiger partial charge in [-0.05, 0) is 61.4 Å². The molecule has 0 saturated carbocycles. The summed E-state index contributed by atoms with van der Waals surface area (Å²) in [5.41, 5.74) is 4.33. The molecule has 124 valence electrons. The molecule has 1 aliphatic rings. The summed E-state index contributed by atoms with van der Waals surface area (Å²) in [4.78, 5) is 5.18. The first-order valence-electron chi connectivity index (χ1n) is 9.05. The lowest BCUT2D eigenvalue weighted by atomic mass is 9.97. The van der Waals surface area contributed by atoms with E-state index in [4.69, 9.17) is 0 Å². The number of benzene rings is 1. The number of nitrogens with zero attached hydrogens (tertiary/aromatic N) is 2. The van der Waals surface area contributed by atoms with Gasteiger partial charge >= 0.3 is 0 Å². The molecule has 2 nitrogen and oxygen atoms in total. The van der Waals surface area contributed by atoms with Gasteiger partial charge in [0.1, 0.15) is 0 Å². The molecule has 0 aromatic heterocycles. The Kier molecular flexibility index (Phi) is 6.31. The Bertz CT molecular complexity index is 457. The number of hydrogen-bond acceptors (Lipinski definition) is 2. The van der Waals surface area contributed by atoms with Gasteiger partial charge < -0.3 is 4.90 Å². The van der Waals surface area contributed by atoms with E-state index in [0.29, 0.717) is 5.92 Å². The van der Waals surface area contributed by atoms with Crippen LogP contribution in [0.5, 0.6) is 0 Å². The largest absolute Gasteiger partial charge is 0.369 e. The van der Waals surface area contributed by atoms with Crippen molar-refractivity contribution in [3.05, 3.63) is 29.3 Å². The Labute approximate surface area is 137 Å². The highest BCUT2D eigenvalue weighted by Gasteiger charge is 2.17. The van der Waals surface area contributed by atoms with E-state index in [2.05, 4.69) is 62.6 Å². The molecule has 1 saturated heterocycles. The minimum atomic E-state index is 0.617. The molecule has 1 aromatic rings. The highest BCUT2D eigenvalue weighted by Crippen LogP contribution is 2.25. The first kappa shape index (κ1) is 17.3. The maximum absolute atomic E-state index is 2.63. The average Bonchev–Trinajstić information content (AvgIpc) is 2.47. The second-order valence-corrected chi connectivity index (χ2v) is 7.56. The van der Waals surface area contributed by atoms with Crippen molar-refractivity contribution in [2.75, 3.05) is 37.6 Å². The van der Waals surface area contributed by atoms with Crippen LogP contribution in [0.2, 0.25) is 0 Å². The van der Waals surface area contributed by atoms with Gasteiger partial charge in [0.15, 0.2) is 0 Å². The van der Waals surface area contributed by atoms with E-state index in [1.807, 2.05) is 0 Å². The number of hydrogen-bond donors (Lipinski definition) is 0. The van der Waals surface area contributed by atoms with Crippen molar-refractivity contribution in [2.24, 2.45) is 5.92 Å². The van der Waals surface area contributed by atoms with Gasteiger partial charge in [-0.15, -0.1) is 0 Å². The van der Waals surface area contributed by atoms with Crippen LogP contribution in [0.3, 0.4) is 0 Å². The summed E-state index contributed by atoms with van der Waals surface area (Å²) in [6.45, 7) is 17.5. The van der Waals surface area contributed by atoms with Crippen LogP contribution in [0, 0.1) is 12.8 Å². The monoisotopic (exact) mass is 302 g/mol. The Balaban J connectivity index is 1.85. The van der Waals surface area contributed by atoms with Gasteiger partial charge in [-0.1, -0.05) is 33.8 Å². The minimum Gasteiger partial charge on any atom is -0.369 e. The normalized spacial score (nSPS) is 16.8.